The van der Waals surface area contributed by atoms with Crippen LogP contribution in [0.3, 0.4) is 0 Å². The van der Waals surface area contributed by atoms with Crippen LogP contribution < -0.4 is 21.3 Å². The second-order valence-electron chi connectivity index (χ2n) is 15.7. The van der Waals surface area contributed by atoms with Gasteiger partial charge in [0, 0.05) is 19.5 Å². The third kappa shape index (κ3) is 16.0. The number of hydrogen-bond acceptors (Lipinski definition) is 9. The van der Waals surface area contributed by atoms with Crippen LogP contribution in [0.2, 0.25) is 0 Å². The van der Waals surface area contributed by atoms with Gasteiger partial charge in [-0.1, -0.05) is 60.7 Å². The molecular weight excluding hydrogens is 706 g/mol. The zero-order valence-electron chi connectivity index (χ0n) is 33.3. The van der Waals surface area contributed by atoms with Crippen LogP contribution in [0, 0.1) is 0 Å². The number of methoxy groups -OCH3 is 1. The summed E-state index contributed by atoms with van der Waals surface area (Å²) in [6, 6.07) is 14.8. The summed E-state index contributed by atoms with van der Waals surface area (Å²) in [5, 5.41) is 11.0. The van der Waals surface area contributed by atoms with Gasteiger partial charge in [0.1, 0.15) is 35.4 Å². The Morgan fingerprint density at radius 1 is 0.727 bits per heavy atom. The van der Waals surface area contributed by atoms with E-state index in [1.165, 1.54) is 12.0 Å². The molecule has 0 unspecified atom stereocenters. The first-order chi connectivity index (χ1) is 26.0. The second-order valence-corrected chi connectivity index (χ2v) is 15.7. The second kappa shape index (κ2) is 21.1. The lowest BCUT2D eigenvalue weighted by atomic mass is 10.0. The number of nitrogens with one attached hydrogen (secondary N) is 4. The van der Waals surface area contributed by atoms with E-state index in [2.05, 4.69) is 21.3 Å². The van der Waals surface area contributed by atoms with Gasteiger partial charge < -0.3 is 40.4 Å². The molecule has 14 nitrogen and oxygen atoms in total. The van der Waals surface area contributed by atoms with Gasteiger partial charge in [-0.2, -0.15) is 0 Å². The lowest BCUT2D eigenvalue weighted by Crippen LogP contribution is -2.58. The largest absolute Gasteiger partial charge is 0.467 e. The Morgan fingerprint density at radius 3 is 1.93 bits per heavy atom. The summed E-state index contributed by atoms with van der Waals surface area (Å²) in [5.41, 5.74) is 0.329. The van der Waals surface area contributed by atoms with Crippen molar-refractivity contribution in [2.24, 2.45) is 0 Å². The van der Waals surface area contributed by atoms with Gasteiger partial charge in [-0.3, -0.25) is 14.4 Å². The molecule has 1 heterocycles. The Kier molecular flexibility index (Phi) is 17.0. The first-order valence-electron chi connectivity index (χ1n) is 19.0. The number of likely N-dealkylation sites (tertiary alicyclic amines) is 1. The molecule has 1 saturated heterocycles. The van der Waals surface area contributed by atoms with Crippen molar-refractivity contribution in [3.8, 4) is 0 Å². The SMILES string of the molecule is COC(=O)[C@@H](CCCCNC(=O)OC(C)(C)C)NC(=O)[C@H]1CCCN1C(=O)[C@@H](Cc1ccccc1)NC(=O)[C@@H](CCc1ccccc1)NC(=O)OC(C)(C)C. The molecule has 0 radical (unpaired) electrons. The summed E-state index contributed by atoms with van der Waals surface area (Å²) in [4.78, 5) is 81.1. The number of ether oxygens (including phenoxy) is 3. The predicted molar refractivity (Wildman–Crippen MR) is 207 cm³/mol. The Labute approximate surface area is 324 Å². The summed E-state index contributed by atoms with van der Waals surface area (Å²) >= 11 is 0. The van der Waals surface area contributed by atoms with Gasteiger partial charge >= 0.3 is 18.2 Å². The predicted octanol–water partition coefficient (Wildman–Crippen LogP) is 4.58. The number of benzene rings is 2. The summed E-state index contributed by atoms with van der Waals surface area (Å²) < 4.78 is 15.7. The molecule has 2 aromatic carbocycles. The maximum atomic E-state index is 14.4. The number of amides is 5. The maximum absolute atomic E-state index is 14.4. The summed E-state index contributed by atoms with van der Waals surface area (Å²) in [6.07, 6.45) is 1.69. The van der Waals surface area contributed by atoms with Crippen LogP contribution >= 0.6 is 0 Å². The van der Waals surface area contributed by atoms with Crippen LogP contribution in [0.4, 0.5) is 9.59 Å². The van der Waals surface area contributed by atoms with Gasteiger partial charge in [0.25, 0.3) is 0 Å². The molecule has 55 heavy (non-hydrogen) atoms. The topological polar surface area (TPSA) is 181 Å². The molecule has 4 N–H and O–H groups in total. The van der Waals surface area contributed by atoms with E-state index >= 15 is 0 Å². The van der Waals surface area contributed by atoms with E-state index in [1.54, 1.807) is 41.5 Å². The van der Waals surface area contributed by atoms with Crippen molar-refractivity contribution in [2.75, 3.05) is 20.2 Å². The number of aryl methyl sites for hydroxylation is 1. The van der Waals surface area contributed by atoms with Crippen molar-refractivity contribution in [2.45, 2.75) is 128 Å². The van der Waals surface area contributed by atoms with Crippen LogP contribution in [0.25, 0.3) is 0 Å². The van der Waals surface area contributed by atoms with Crippen LogP contribution in [-0.2, 0) is 46.2 Å². The molecule has 1 fully saturated rings. The van der Waals surface area contributed by atoms with E-state index in [9.17, 15) is 28.8 Å². The molecule has 0 bridgehead atoms. The number of carbonyl (C=O) groups excluding carboxylic acids is 6. The molecule has 0 saturated carbocycles. The molecule has 1 aliphatic heterocycles. The highest BCUT2D eigenvalue weighted by Crippen LogP contribution is 2.21. The Hall–Kier alpha value is -5.14. The smallest absolute Gasteiger partial charge is 0.408 e. The molecule has 0 aliphatic carbocycles. The van der Waals surface area contributed by atoms with Crippen LogP contribution in [-0.4, -0.2) is 96.3 Å². The fraction of sp³-hybridized carbons (Fsp3) is 0.561. The van der Waals surface area contributed by atoms with Crippen LogP contribution in [0.1, 0.15) is 91.2 Å². The van der Waals surface area contributed by atoms with E-state index in [1.807, 2.05) is 60.7 Å². The number of esters is 1. The lowest BCUT2D eigenvalue weighted by molar-refractivity contribution is -0.147. The molecule has 2 aromatic rings. The fourth-order valence-electron chi connectivity index (χ4n) is 6.14. The Bertz CT molecular complexity index is 1570. The van der Waals surface area contributed by atoms with Gasteiger partial charge in [-0.05, 0) is 97.6 Å². The molecule has 5 amide bonds. The molecular formula is C41H59N5O9. The monoisotopic (exact) mass is 765 g/mol. The average Bonchev–Trinajstić information content (AvgIpc) is 3.61. The molecule has 0 aromatic heterocycles. The molecule has 4 atom stereocenters. The number of rotatable bonds is 17. The highest BCUT2D eigenvalue weighted by atomic mass is 16.6. The number of hydrogen-bond donors (Lipinski definition) is 4. The van der Waals surface area contributed by atoms with Gasteiger partial charge in [-0.25, -0.2) is 14.4 Å². The fourth-order valence-corrected chi connectivity index (χ4v) is 6.14. The van der Waals surface area contributed by atoms with Crippen molar-refractivity contribution < 1.29 is 43.0 Å². The first kappa shape index (κ1) is 44.3. The van der Waals surface area contributed by atoms with Gasteiger partial charge in [0.15, 0.2) is 0 Å². The first-order valence-corrected chi connectivity index (χ1v) is 19.0. The van der Waals surface area contributed by atoms with Gasteiger partial charge in [-0.15, -0.1) is 0 Å². The minimum absolute atomic E-state index is 0.135. The number of nitrogens with zero attached hydrogens (tertiary/aromatic N) is 1. The molecule has 3 rings (SSSR count). The minimum atomic E-state index is -1.07. The van der Waals surface area contributed by atoms with Crippen LogP contribution in [0.15, 0.2) is 60.7 Å². The maximum Gasteiger partial charge on any atom is 0.408 e. The molecule has 14 heteroatoms. The summed E-state index contributed by atoms with van der Waals surface area (Å²) in [6.45, 7) is 11.1. The van der Waals surface area contributed by atoms with Crippen LogP contribution in [0.5, 0.6) is 0 Å². The van der Waals surface area contributed by atoms with Crippen molar-refractivity contribution in [1.82, 2.24) is 26.2 Å². The van der Waals surface area contributed by atoms with Crippen molar-refractivity contribution in [3.05, 3.63) is 71.8 Å². The normalized spacial score (nSPS) is 15.8. The third-order valence-corrected chi connectivity index (χ3v) is 8.70. The standard InChI is InChI=1S/C41H59N5O9/c1-40(2,3)54-38(51)42-25-15-14-21-31(37(50)53-7)43-35(48)33-22-16-26-46(33)36(49)32(27-29-19-12-9-13-20-29)44-34(47)30(45-39(52)55-41(4,5)6)24-23-28-17-10-8-11-18-28/h8-13,17-20,30-33H,14-16,21-27H2,1-7H3,(H,42,51)(H,43,48)(H,44,47)(H,45,52)/t30-,31-,32-,33-/m1/s1. The van der Waals surface area contributed by atoms with E-state index in [0.29, 0.717) is 38.6 Å². The lowest BCUT2D eigenvalue weighted by Gasteiger charge is -2.31. The zero-order chi connectivity index (χ0) is 40.6. The van der Waals surface area contributed by atoms with E-state index in [-0.39, 0.29) is 25.8 Å². The molecule has 302 valence electrons. The third-order valence-electron chi connectivity index (χ3n) is 8.70. The van der Waals surface area contributed by atoms with E-state index < -0.39 is 71.2 Å². The number of carbonyl (C=O) groups is 6. The van der Waals surface area contributed by atoms with Crippen molar-refractivity contribution in [3.63, 3.8) is 0 Å². The highest BCUT2D eigenvalue weighted by molar-refractivity contribution is 5.95. The zero-order valence-corrected chi connectivity index (χ0v) is 33.3. The average molecular weight is 766 g/mol. The number of unbranched alkanes of at least 4 members (excludes halogenated alkanes) is 1. The highest BCUT2D eigenvalue weighted by Gasteiger charge is 2.39. The molecule has 1 aliphatic rings. The van der Waals surface area contributed by atoms with E-state index in [0.717, 1.165) is 11.1 Å². The van der Waals surface area contributed by atoms with E-state index in [4.69, 9.17) is 14.2 Å². The molecule has 0 spiro atoms. The van der Waals surface area contributed by atoms with Crippen molar-refractivity contribution >= 4 is 35.9 Å². The number of alkyl carbamates (subject to hydrolysis) is 2. The quantitative estimate of drug-likeness (QED) is 0.102. The summed E-state index contributed by atoms with van der Waals surface area (Å²) in [5.74, 6) is -2.16. The Balaban J connectivity index is 1.75. The van der Waals surface area contributed by atoms with Crippen molar-refractivity contribution in [1.29, 1.82) is 0 Å². The van der Waals surface area contributed by atoms with Gasteiger partial charge in [0.05, 0.1) is 7.11 Å². The summed E-state index contributed by atoms with van der Waals surface area (Å²) in [7, 11) is 1.23. The Morgan fingerprint density at radius 2 is 1.33 bits per heavy atom. The van der Waals surface area contributed by atoms with Gasteiger partial charge in [0.2, 0.25) is 17.7 Å². The minimum Gasteiger partial charge on any atom is -0.467 e.